The summed E-state index contributed by atoms with van der Waals surface area (Å²) in [7, 11) is 2.21. The fourth-order valence-electron chi connectivity index (χ4n) is 1.94. The number of rotatable bonds is 1. The summed E-state index contributed by atoms with van der Waals surface area (Å²) < 4.78 is 0.300. The molecule has 0 aromatic rings. The molecule has 3 heteroatoms. The first-order valence-corrected chi connectivity index (χ1v) is 5.80. The zero-order chi connectivity index (χ0) is 8.55. The third-order valence-electron chi connectivity index (χ3n) is 2.62. The first-order chi connectivity index (χ1) is 5.77. The Morgan fingerprint density at radius 3 is 3.00 bits per heavy atom. The van der Waals surface area contributed by atoms with E-state index < -0.39 is 0 Å². The van der Waals surface area contributed by atoms with Crippen molar-refractivity contribution in [2.45, 2.75) is 30.0 Å². The second-order valence-corrected chi connectivity index (χ2v) is 5.57. The van der Waals surface area contributed by atoms with E-state index in [0.717, 1.165) is 6.42 Å². The van der Waals surface area contributed by atoms with Crippen molar-refractivity contribution in [3.63, 3.8) is 0 Å². The number of hydrogen-bond acceptors (Lipinski definition) is 2. The van der Waals surface area contributed by atoms with E-state index in [1.165, 1.54) is 24.3 Å². The van der Waals surface area contributed by atoms with Crippen molar-refractivity contribution in [3.8, 4) is 0 Å². The van der Waals surface area contributed by atoms with E-state index in [1.54, 1.807) is 0 Å². The average Bonchev–Trinajstić information content (AvgIpc) is 2.58. The zero-order valence-corrected chi connectivity index (χ0v) is 8.87. The van der Waals surface area contributed by atoms with Gasteiger partial charge >= 0.3 is 0 Å². The molecule has 0 aliphatic carbocycles. The second kappa shape index (κ2) is 3.60. The molecule has 68 valence electrons. The maximum Gasteiger partial charge on any atom is 0.0867 e. The van der Waals surface area contributed by atoms with Gasteiger partial charge in [0, 0.05) is 6.04 Å². The number of likely N-dealkylation sites (N-methyl/N-ethyl adjacent to an activating group) is 1. The maximum absolute atomic E-state index is 6.03. The molecule has 0 N–H and O–H groups in total. The summed E-state index contributed by atoms with van der Waals surface area (Å²) in [6, 6.07) is 0.679. The van der Waals surface area contributed by atoms with Crippen LogP contribution in [0.25, 0.3) is 0 Å². The van der Waals surface area contributed by atoms with E-state index in [1.807, 2.05) is 11.8 Å². The molecule has 2 unspecified atom stereocenters. The zero-order valence-electron chi connectivity index (χ0n) is 7.29. The van der Waals surface area contributed by atoms with Gasteiger partial charge in [-0.3, -0.25) is 4.90 Å². The number of nitrogens with zero attached hydrogens (tertiary/aromatic N) is 1. The molecule has 2 aliphatic rings. The summed E-state index contributed by atoms with van der Waals surface area (Å²) >= 11 is 7.88. The molecular formula is C9H14ClNS. The summed E-state index contributed by atoms with van der Waals surface area (Å²) in [6.45, 7) is 1.25. The van der Waals surface area contributed by atoms with Gasteiger partial charge in [0.1, 0.15) is 0 Å². The van der Waals surface area contributed by atoms with Gasteiger partial charge in [-0.1, -0.05) is 6.08 Å². The molecule has 0 aromatic carbocycles. The van der Waals surface area contributed by atoms with Gasteiger partial charge in [-0.25, -0.2) is 0 Å². The normalized spacial score (nSPS) is 37.3. The summed E-state index contributed by atoms with van der Waals surface area (Å²) in [5.74, 6) is 0. The van der Waals surface area contributed by atoms with Gasteiger partial charge in [-0.2, -0.15) is 0 Å². The van der Waals surface area contributed by atoms with Crippen molar-refractivity contribution in [1.82, 2.24) is 4.90 Å². The van der Waals surface area contributed by atoms with E-state index in [-0.39, 0.29) is 0 Å². The summed E-state index contributed by atoms with van der Waals surface area (Å²) in [6.07, 6.45) is 6.02. The molecular weight excluding hydrogens is 190 g/mol. The van der Waals surface area contributed by atoms with Crippen LogP contribution in [0.4, 0.5) is 0 Å². The highest BCUT2D eigenvalue weighted by atomic mass is 35.5. The van der Waals surface area contributed by atoms with E-state index >= 15 is 0 Å². The second-order valence-electron chi connectivity index (χ2n) is 3.51. The van der Waals surface area contributed by atoms with Crippen LogP contribution in [0.15, 0.2) is 11.0 Å². The van der Waals surface area contributed by atoms with Crippen LogP contribution in [0.2, 0.25) is 0 Å². The van der Waals surface area contributed by atoms with Crippen LogP contribution in [0, 0.1) is 0 Å². The first-order valence-electron chi connectivity index (χ1n) is 4.48. The van der Waals surface area contributed by atoms with Crippen LogP contribution < -0.4 is 0 Å². The SMILES string of the molecule is CN1CCCC1C1=CCC(Cl)S1. The minimum Gasteiger partial charge on any atom is -0.299 e. The van der Waals surface area contributed by atoms with Crippen LogP contribution in [0.5, 0.6) is 0 Å². The standard InChI is InChI=1S/C9H14ClNS/c1-11-6-2-3-7(11)8-4-5-9(10)12-8/h4,7,9H,2-3,5-6H2,1H3. The number of hydrogen-bond donors (Lipinski definition) is 0. The Labute approximate surface area is 83.1 Å². The highest BCUT2D eigenvalue weighted by molar-refractivity contribution is 8.05. The molecule has 1 fully saturated rings. The number of alkyl halides is 1. The minimum atomic E-state index is 0.300. The Balaban J connectivity index is 2.00. The lowest BCUT2D eigenvalue weighted by Crippen LogP contribution is -2.25. The van der Waals surface area contributed by atoms with Gasteiger partial charge < -0.3 is 0 Å². The number of halogens is 1. The molecule has 2 aliphatic heterocycles. The molecule has 0 saturated carbocycles. The van der Waals surface area contributed by atoms with Crippen molar-refractivity contribution >= 4 is 23.4 Å². The first kappa shape index (κ1) is 8.92. The van der Waals surface area contributed by atoms with Crippen LogP contribution in [-0.2, 0) is 0 Å². The Morgan fingerprint density at radius 2 is 2.50 bits per heavy atom. The molecule has 1 nitrogen and oxygen atoms in total. The fraction of sp³-hybridized carbons (Fsp3) is 0.778. The van der Waals surface area contributed by atoms with Gasteiger partial charge in [0.25, 0.3) is 0 Å². The Morgan fingerprint density at radius 1 is 1.67 bits per heavy atom. The lowest BCUT2D eigenvalue weighted by atomic mass is 10.2. The molecule has 2 rings (SSSR count). The van der Waals surface area contributed by atoms with Crippen LogP contribution in [0.1, 0.15) is 19.3 Å². The van der Waals surface area contributed by atoms with Gasteiger partial charge in [0.05, 0.1) is 4.71 Å². The molecule has 2 heterocycles. The summed E-state index contributed by atoms with van der Waals surface area (Å²) in [4.78, 5) is 3.95. The van der Waals surface area contributed by atoms with Gasteiger partial charge in [-0.05, 0) is 37.8 Å². The minimum absolute atomic E-state index is 0.300. The number of thioether (sulfide) groups is 1. The Bertz CT molecular complexity index is 205. The Hall–Kier alpha value is 0.340. The van der Waals surface area contributed by atoms with Crippen molar-refractivity contribution in [2.24, 2.45) is 0 Å². The monoisotopic (exact) mass is 203 g/mol. The van der Waals surface area contributed by atoms with E-state index in [9.17, 15) is 0 Å². The van der Waals surface area contributed by atoms with Crippen LogP contribution in [0.3, 0.4) is 0 Å². The average molecular weight is 204 g/mol. The molecule has 0 bridgehead atoms. The van der Waals surface area contributed by atoms with Crippen LogP contribution >= 0.6 is 23.4 Å². The van der Waals surface area contributed by atoms with Crippen molar-refractivity contribution < 1.29 is 0 Å². The summed E-state index contributed by atoms with van der Waals surface area (Å²) in [5, 5.41) is 0. The van der Waals surface area contributed by atoms with Crippen LogP contribution in [-0.4, -0.2) is 29.2 Å². The third kappa shape index (κ3) is 1.66. The molecule has 1 saturated heterocycles. The van der Waals surface area contributed by atoms with Gasteiger partial charge in [0.15, 0.2) is 0 Å². The molecule has 0 amide bonds. The topological polar surface area (TPSA) is 3.24 Å². The van der Waals surface area contributed by atoms with E-state index in [0.29, 0.717) is 10.8 Å². The molecule has 12 heavy (non-hydrogen) atoms. The van der Waals surface area contributed by atoms with E-state index in [4.69, 9.17) is 11.6 Å². The van der Waals surface area contributed by atoms with Gasteiger partial charge in [0.2, 0.25) is 0 Å². The number of allylic oxidation sites excluding steroid dienone is 1. The smallest absolute Gasteiger partial charge is 0.0867 e. The largest absolute Gasteiger partial charge is 0.299 e. The molecule has 0 aromatic heterocycles. The molecule has 0 radical (unpaired) electrons. The predicted octanol–water partition coefficient (Wildman–Crippen LogP) is 2.67. The Kier molecular flexibility index (Phi) is 2.68. The van der Waals surface area contributed by atoms with Gasteiger partial charge in [-0.15, -0.1) is 23.4 Å². The molecule has 0 spiro atoms. The summed E-state index contributed by atoms with van der Waals surface area (Å²) in [5.41, 5.74) is 0. The number of likely N-dealkylation sites (tertiary alicyclic amines) is 1. The lowest BCUT2D eigenvalue weighted by molar-refractivity contribution is 0.354. The highest BCUT2D eigenvalue weighted by Crippen LogP contribution is 2.40. The molecule has 2 atom stereocenters. The van der Waals surface area contributed by atoms with Crippen molar-refractivity contribution in [2.75, 3.05) is 13.6 Å². The fourth-order valence-corrected chi connectivity index (χ4v) is 3.47. The van der Waals surface area contributed by atoms with Crippen molar-refractivity contribution in [1.29, 1.82) is 0 Å². The van der Waals surface area contributed by atoms with E-state index in [2.05, 4.69) is 18.0 Å². The quantitative estimate of drug-likeness (QED) is 0.603. The predicted molar refractivity (Wildman–Crippen MR) is 55.6 cm³/mol. The highest BCUT2D eigenvalue weighted by Gasteiger charge is 2.28. The van der Waals surface area contributed by atoms with Crippen molar-refractivity contribution in [3.05, 3.63) is 11.0 Å². The lowest BCUT2D eigenvalue weighted by Gasteiger charge is -2.20. The maximum atomic E-state index is 6.03. The third-order valence-corrected chi connectivity index (χ3v) is 4.22.